The van der Waals surface area contributed by atoms with Crippen LogP contribution >= 0.6 is 0 Å². The van der Waals surface area contributed by atoms with Gasteiger partial charge in [-0.1, -0.05) is 24.3 Å². The highest BCUT2D eigenvalue weighted by molar-refractivity contribution is 7.85. The zero-order chi connectivity index (χ0) is 14.7. The third-order valence-corrected chi connectivity index (χ3v) is 4.34. The number of hydrogen-bond donors (Lipinski definition) is 1. The monoisotopic (exact) mass is 304 g/mol. The molecule has 0 amide bonds. The molecule has 0 fully saturated rings. The molecule has 1 unspecified atom stereocenters. The first-order valence-corrected chi connectivity index (χ1v) is 7.78. The molecule has 1 heterocycles. The molecule has 3 rings (SSSR count). The SMILES string of the molecule is O=S(CCNc1nc2ccccc2o1)c1ccccc1F. The summed E-state index contributed by atoms with van der Waals surface area (Å²) in [5.74, 6) is -0.169. The highest BCUT2D eigenvalue weighted by Crippen LogP contribution is 2.18. The van der Waals surface area contributed by atoms with Crippen molar-refractivity contribution in [1.82, 2.24) is 4.98 Å². The number of nitrogens with one attached hydrogen (secondary N) is 1. The van der Waals surface area contributed by atoms with Crippen LogP contribution < -0.4 is 5.32 Å². The summed E-state index contributed by atoms with van der Waals surface area (Å²) in [5, 5.41) is 2.96. The normalized spacial score (nSPS) is 12.4. The molecule has 108 valence electrons. The Kier molecular flexibility index (Phi) is 3.96. The summed E-state index contributed by atoms with van der Waals surface area (Å²) in [6.45, 7) is 0.383. The molecule has 0 aliphatic rings. The molecule has 0 radical (unpaired) electrons. The van der Waals surface area contributed by atoms with E-state index in [9.17, 15) is 8.60 Å². The molecule has 0 aliphatic carbocycles. The standard InChI is InChI=1S/C15H13FN2O2S/c16-11-5-1-4-8-14(11)21(19)10-9-17-15-18-12-6-2-3-7-13(12)20-15/h1-8H,9-10H2,(H,17,18). The Labute approximate surface area is 123 Å². The van der Waals surface area contributed by atoms with E-state index < -0.39 is 16.6 Å². The van der Waals surface area contributed by atoms with Gasteiger partial charge in [0.1, 0.15) is 11.3 Å². The van der Waals surface area contributed by atoms with Crippen molar-refractivity contribution >= 4 is 27.9 Å². The summed E-state index contributed by atoms with van der Waals surface area (Å²) in [5.41, 5.74) is 1.45. The Hall–Kier alpha value is -2.21. The summed E-state index contributed by atoms with van der Waals surface area (Å²) < 4.78 is 31.0. The van der Waals surface area contributed by atoms with Gasteiger partial charge in [0, 0.05) is 12.3 Å². The summed E-state index contributed by atoms with van der Waals surface area (Å²) in [4.78, 5) is 4.47. The van der Waals surface area contributed by atoms with Crippen LogP contribution in [0.5, 0.6) is 0 Å². The van der Waals surface area contributed by atoms with Crippen LogP contribution in [-0.2, 0) is 10.8 Å². The number of oxazole rings is 1. The molecule has 0 spiro atoms. The summed E-state index contributed by atoms with van der Waals surface area (Å²) in [7, 11) is -1.39. The minimum absolute atomic E-state index is 0.219. The Morgan fingerprint density at radius 3 is 2.71 bits per heavy atom. The molecule has 3 aromatic rings. The van der Waals surface area contributed by atoms with Crippen molar-refractivity contribution in [2.24, 2.45) is 0 Å². The largest absolute Gasteiger partial charge is 0.424 e. The minimum atomic E-state index is -1.39. The van der Waals surface area contributed by atoms with Crippen LogP contribution in [0.2, 0.25) is 0 Å². The Bertz CT molecular complexity index is 755. The number of nitrogens with zero attached hydrogens (tertiary/aromatic N) is 1. The highest BCUT2D eigenvalue weighted by atomic mass is 32.2. The molecule has 1 N–H and O–H groups in total. The predicted molar refractivity (Wildman–Crippen MR) is 80.2 cm³/mol. The molecule has 6 heteroatoms. The van der Waals surface area contributed by atoms with Gasteiger partial charge >= 0.3 is 0 Å². The van der Waals surface area contributed by atoms with Gasteiger partial charge in [0.15, 0.2) is 5.58 Å². The number of para-hydroxylation sites is 2. The number of halogens is 1. The molecular formula is C15H13FN2O2S. The van der Waals surface area contributed by atoms with E-state index in [1.165, 1.54) is 12.1 Å². The number of aromatic nitrogens is 1. The van der Waals surface area contributed by atoms with Crippen molar-refractivity contribution in [2.75, 3.05) is 17.6 Å². The van der Waals surface area contributed by atoms with E-state index in [0.717, 1.165) is 5.52 Å². The number of anilines is 1. The van der Waals surface area contributed by atoms with E-state index in [1.807, 2.05) is 24.3 Å². The van der Waals surface area contributed by atoms with Crippen LogP contribution in [0.3, 0.4) is 0 Å². The molecule has 1 aromatic heterocycles. The first-order chi connectivity index (χ1) is 10.2. The molecule has 2 aromatic carbocycles. The van der Waals surface area contributed by atoms with E-state index in [2.05, 4.69) is 10.3 Å². The third kappa shape index (κ3) is 3.11. The van der Waals surface area contributed by atoms with Crippen LogP contribution in [0, 0.1) is 5.82 Å². The maximum atomic E-state index is 13.5. The fourth-order valence-electron chi connectivity index (χ4n) is 1.94. The van der Waals surface area contributed by atoms with Crippen LogP contribution in [0.15, 0.2) is 57.8 Å². The zero-order valence-electron chi connectivity index (χ0n) is 11.1. The van der Waals surface area contributed by atoms with E-state index in [4.69, 9.17) is 4.42 Å². The second kappa shape index (κ2) is 6.05. The number of fused-ring (bicyclic) bond motifs is 1. The van der Waals surface area contributed by atoms with Crippen LogP contribution in [0.25, 0.3) is 11.1 Å². The van der Waals surface area contributed by atoms with Crippen molar-refractivity contribution in [2.45, 2.75) is 4.90 Å². The van der Waals surface area contributed by atoms with Crippen LogP contribution in [-0.4, -0.2) is 21.5 Å². The van der Waals surface area contributed by atoms with Gasteiger partial charge in [-0.25, -0.2) is 4.39 Å². The second-order valence-corrected chi connectivity index (χ2v) is 5.93. The average molecular weight is 304 g/mol. The van der Waals surface area contributed by atoms with Gasteiger partial charge in [0.2, 0.25) is 0 Å². The van der Waals surface area contributed by atoms with Crippen molar-refractivity contribution in [3.63, 3.8) is 0 Å². The highest BCUT2D eigenvalue weighted by Gasteiger charge is 2.10. The lowest BCUT2D eigenvalue weighted by atomic mass is 10.3. The van der Waals surface area contributed by atoms with Gasteiger partial charge in [-0.2, -0.15) is 4.98 Å². The lowest BCUT2D eigenvalue weighted by Crippen LogP contribution is -2.12. The molecular weight excluding hydrogens is 291 g/mol. The van der Waals surface area contributed by atoms with Gasteiger partial charge in [0.05, 0.1) is 15.7 Å². The molecule has 0 saturated heterocycles. The predicted octanol–water partition coefficient (Wildman–Crippen LogP) is 3.19. The third-order valence-electron chi connectivity index (χ3n) is 2.94. The molecule has 0 aliphatic heterocycles. The zero-order valence-corrected chi connectivity index (χ0v) is 11.9. The maximum Gasteiger partial charge on any atom is 0.295 e. The van der Waals surface area contributed by atoms with Crippen LogP contribution in [0.4, 0.5) is 10.4 Å². The van der Waals surface area contributed by atoms with E-state index in [0.29, 0.717) is 18.1 Å². The van der Waals surface area contributed by atoms with Crippen molar-refractivity contribution < 1.29 is 13.0 Å². The maximum absolute atomic E-state index is 13.5. The van der Waals surface area contributed by atoms with Gasteiger partial charge in [-0.3, -0.25) is 4.21 Å². The fraction of sp³-hybridized carbons (Fsp3) is 0.133. The Balaban J connectivity index is 1.61. The summed E-state index contributed by atoms with van der Waals surface area (Å²) in [6, 6.07) is 13.9. The summed E-state index contributed by atoms with van der Waals surface area (Å²) >= 11 is 0. The first kappa shape index (κ1) is 13.8. The van der Waals surface area contributed by atoms with Crippen LogP contribution in [0.1, 0.15) is 0 Å². The minimum Gasteiger partial charge on any atom is -0.424 e. The van der Waals surface area contributed by atoms with Crippen molar-refractivity contribution in [3.05, 3.63) is 54.3 Å². The first-order valence-electron chi connectivity index (χ1n) is 6.46. The Morgan fingerprint density at radius 1 is 1.14 bits per heavy atom. The summed E-state index contributed by atoms with van der Waals surface area (Å²) in [6.07, 6.45) is 0. The smallest absolute Gasteiger partial charge is 0.295 e. The van der Waals surface area contributed by atoms with E-state index >= 15 is 0 Å². The van der Waals surface area contributed by atoms with E-state index in [-0.39, 0.29) is 10.6 Å². The van der Waals surface area contributed by atoms with Gasteiger partial charge in [0.25, 0.3) is 6.01 Å². The number of benzene rings is 2. The second-order valence-electron chi connectivity index (χ2n) is 4.39. The topological polar surface area (TPSA) is 55.1 Å². The average Bonchev–Trinajstić information content (AvgIpc) is 2.90. The quantitative estimate of drug-likeness (QED) is 0.786. The Morgan fingerprint density at radius 2 is 1.90 bits per heavy atom. The molecule has 0 bridgehead atoms. The number of rotatable bonds is 5. The molecule has 0 saturated carbocycles. The molecule has 21 heavy (non-hydrogen) atoms. The van der Waals surface area contributed by atoms with Crippen molar-refractivity contribution in [1.29, 1.82) is 0 Å². The molecule has 4 nitrogen and oxygen atoms in total. The van der Waals surface area contributed by atoms with Gasteiger partial charge < -0.3 is 9.73 Å². The lowest BCUT2D eigenvalue weighted by Gasteiger charge is -2.03. The van der Waals surface area contributed by atoms with E-state index in [1.54, 1.807) is 12.1 Å². The number of hydrogen-bond acceptors (Lipinski definition) is 4. The fourth-order valence-corrected chi connectivity index (χ4v) is 2.96. The van der Waals surface area contributed by atoms with Crippen molar-refractivity contribution in [3.8, 4) is 0 Å². The molecule has 1 atom stereocenters. The van der Waals surface area contributed by atoms with Gasteiger partial charge in [-0.15, -0.1) is 0 Å². The lowest BCUT2D eigenvalue weighted by molar-refractivity contribution is 0.595. The van der Waals surface area contributed by atoms with Gasteiger partial charge in [-0.05, 0) is 24.3 Å².